The number of nitriles is 1. The highest BCUT2D eigenvalue weighted by atomic mass is 15.1. The summed E-state index contributed by atoms with van der Waals surface area (Å²) in [6, 6.07) is 3.17. The first-order valence-electron chi connectivity index (χ1n) is 5.87. The van der Waals surface area contributed by atoms with Gasteiger partial charge >= 0.3 is 0 Å². The van der Waals surface area contributed by atoms with Crippen LogP contribution in [-0.4, -0.2) is 36.6 Å². The van der Waals surface area contributed by atoms with E-state index in [9.17, 15) is 0 Å². The lowest BCUT2D eigenvalue weighted by Crippen LogP contribution is -2.44. The van der Waals surface area contributed by atoms with Gasteiger partial charge in [-0.3, -0.25) is 5.32 Å². The third kappa shape index (κ3) is 6.48. The van der Waals surface area contributed by atoms with Crippen molar-refractivity contribution in [1.29, 1.82) is 5.26 Å². The van der Waals surface area contributed by atoms with Crippen LogP contribution < -0.4 is 5.32 Å². The summed E-state index contributed by atoms with van der Waals surface area (Å²) in [5, 5.41) is 12.3. The second kappa shape index (κ2) is 7.67. The molecule has 2 unspecified atom stereocenters. The van der Waals surface area contributed by atoms with Gasteiger partial charge in [-0.15, -0.1) is 0 Å². The van der Waals surface area contributed by atoms with E-state index in [1.807, 2.05) is 0 Å². The molecule has 15 heavy (non-hydrogen) atoms. The lowest BCUT2D eigenvalue weighted by atomic mass is 10.1. The second-order valence-electron chi connectivity index (χ2n) is 4.58. The van der Waals surface area contributed by atoms with Crippen LogP contribution in [0.25, 0.3) is 0 Å². The Bertz CT molecular complexity index is 196. The highest BCUT2D eigenvalue weighted by Crippen LogP contribution is 2.04. The van der Waals surface area contributed by atoms with Crippen molar-refractivity contribution < 1.29 is 0 Å². The highest BCUT2D eigenvalue weighted by molar-refractivity contribution is 4.93. The molecule has 3 heteroatoms. The molecule has 3 nitrogen and oxygen atoms in total. The number of nitrogens with zero attached hydrogens (tertiary/aromatic N) is 2. The largest absolute Gasteiger partial charge is 0.301 e. The Morgan fingerprint density at radius 1 is 1.33 bits per heavy atom. The zero-order valence-electron chi connectivity index (χ0n) is 10.7. The summed E-state index contributed by atoms with van der Waals surface area (Å²) in [5.41, 5.74) is 0. The van der Waals surface area contributed by atoms with Gasteiger partial charge in [0.1, 0.15) is 6.04 Å². The molecule has 0 aliphatic carbocycles. The Morgan fingerprint density at radius 3 is 2.33 bits per heavy atom. The Labute approximate surface area is 94.5 Å². The molecule has 0 spiro atoms. The quantitative estimate of drug-likeness (QED) is 0.700. The number of hydrogen-bond acceptors (Lipinski definition) is 3. The molecule has 0 fully saturated rings. The molecule has 0 saturated carbocycles. The van der Waals surface area contributed by atoms with Crippen molar-refractivity contribution in [2.75, 3.05) is 13.6 Å². The summed E-state index contributed by atoms with van der Waals surface area (Å²) < 4.78 is 0. The van der Waals surface area contributed by atoms with Crippen LogP contribution in [-0.2, 0) is 0 Å². The zero-order chi connectivity index (χ0) is 11.8. The van der Waals surface area contributed by atoms with E-state index in [0.29, 0.717) is 12.1 Å². The van der Waals surface area contributed by atoms with E-state index in [2.05, 4.69) is 51.0 Å². The van der Waals surface area contributed by atoms with Crippen molar-refractivity contribution in [1.82, 2.24) is 10.2 Å². The Morgan fingerprint density at radius 2 is 1.93 bits per heavy atom. The summed E-state index contributed by atoms with van der Waals surface area (Å²) in [6.45, 7) is 9.35. The first-order chi connectivity index (χ1) is 7.01. The minimum atomic E-state index is -0.0608. The van der Waals surface area contributed by atoms with Gasteiger partial charge in [0.05, 0.1) is 6.07 Å². The molecule has 2 atom stereocenters. The maximum Gasteiger partial charge on any atom is 0.108 e. The maximum atomic E-state index is 9.00. The van der Waals surface area contributed by atoms with E-state index in [1.54, 1.807) is 0 Å². The minimum Gasteiger partial charge on any atom is -0.301 e. The number of hydrogen-bond donors (Lipinski definition) is 1. The van der Waals surface area contributed by atoms with Gasteiger partial charge in [-0.05, 0) is 34.2 Å². The lowest BCUT2D eigenvalue weighted by molar-refractivity contribution is 0.228. The van der Waals surface area contributed by atoms with Crippen molar-refractivity contribution in [3.8, 4) is 6.07 Å². The maximum absolute atomic E-state index is 9.00. The van der Waals surface area contributed by atoms with Gasteiger partial charge in [0.25, 0.3) is 0 Å². The van der Waals surface area contributed by atoms with Crippen LogP contribution in [0.2, 0.25) is 0 Å². The van der Waals surface area contributed by atoms with Crippen LogP contribution in [0.3, 0.4) is 0 Å². The predicted molar refractivity (Wildman–Crippen MR) is 64.7 cm³/mol. The van der Waals surface area contributed by atoms with Gasteiger partial charge in [-0.25, -0.2) is 0 Å². The van der Waals surface area contributed by atoms with Crippen molar-refractivity contribution in [2.24, 2.45) is 0 Å². The average molecular weight is 211 g/mol. The van der Waals surface area contributed by atoms with Crippen molar-refractivity contribution in [3.05, 3.63) is 0 Å². The normalized spacial score (nSPS) is 15.3. The zero-order valence-corrected chi connectivity index (χ0v) is 10.7. The molecule has 1 N–H and O–H groups in total. The van der Waals surface area contributed by atoms with Gasteiger partial charge in [-0.2, -0.15) is 5.26 Å². The molecule has 0 saturated heterocycles. The van der Waals surface area contributed by atoms with E-state index in [4.69, 9.17) is 5.26 Å². The standard InChI is InChI=1S/C12H25N3/c1-6-7-11(4)15(5)9-12(8-13)14-10(2)3/h10-12,14H,6-7,9H2,1-5H3. The average Bonchev–Trinajstić information content (AvgIpc) is 2.16. The monoisotopic (exact) mass is 211 g/mol. The molecule has 0 rings (SSSR count). The molecule has 0 aliphatic heterocycles. The van der Waals surface area contributed by atoms with Crippen molar-refractivity contribution in [3.63, 3.8) is 0 Å². The molecule has 0 aromatic carbocycles. The van der Waals surface area contributed by atoms with Crippen molar-refractivity contribution in [2.45, 2.75) is 58.7 Å². The fourth-order valence-electron chi connectivity index (χ4n) is 1.64. The molecule has 0 aromatic heterocycles. The van der Waals surface area contributed by atoms with E-state index >= 15 is 0 Å². The predicted octanol–water partition coefficient (Wildman–Crippen LogP) is 2.00. The topological polar surface area (TPSA) is 39.1 Å². The second-order valence-corrected chi connectivity index (χ2v) is 4.58. The van der Waals surface area contributed by atoms with Crippen LogP contribution in [0.4, 0.5) is 0 Å². The summed E-state index contributed by atoms with van der Waals surface area (Å²) in [5.74, 6) is 0. The van der Waals surface area contributed by atoms with Gasteiger partial charge in [-0.1, -0.05) is 13.3 Å². The molecule has 0 bridgehead atoms. The molecule has 0 radical (unpaired) electrons. The number of nitrogens with one attached hydrogen (secondary N) is 1. The fourth-order valence-corrected chi connectivity index (χ4v) is 1.64. The van der Waals surface area contributed by atoms with E-state index in [1.165, 1.54) is 12.8 Å². The van der Waals surface area contributed by atoms with Gasteiger partial charge in [0, 0.05) is 18.6 Å². The summed E-state index contributed by atoms with van der Waals surface area (Å²) in [6.07, 6.45) is 2.39. The van der Waals surface area contributed by atoms with Crippen LogP contribution in [0.5, 0.6) is 0 Å². The van der Waals surface area contributed by atoms with E-state index in [0.717, 1.165) is 6.54 Å². The Hall–Kier alpha value is -0.590. The molecular weight excluding hydrogens is 186 g/mol. The smallest absolute Gasteiger partial charge is 0.108 e. The number of likely N-dealkylation sites (N-methyl/N-ethyl adjacent to an activating group) is 1. The Kier molecular flexibility index (Phi) is 7.37. The molecule has 0 amide bonds. The Balaban J connectivity index is 4.01. The first kappa shape index (κ1) is 14.4. The summed E-state index contributed by atoms with van der Waals surface area (Å²) in [4.78, 5) is 2.26. The third-order valence-corrected chi connectivity index (χ3v) is 2.62. The SMILES string of the molecule is CCCC(C)N(C)CC(C#N)NC(C)C. The molecule has 0 aromatic rings. The lowest BCUT2D eigenvalue weighted by Gasteiger charge is -2.27. The van der Waals surface area contributed by atoms with Crippen LogP contribution in [0.1, 0.15) is 40.5 Å². The van der Waals surface area contributed by atoms with Crippen LogP contribution in [0.15, 0.2) is 0 Å². The van der Waals surface area contributed by atoms with E-state index in [-0.39, 0.29) is 6.04 Å². The van der Waals surface area contributed by atoms with Gasteiger partial charge in [0.15, 0.2) is 0 Å². The summed E-state index contributed by atoms with van der Waals surface area (Å²) >= 11 is 0. The first-order valence-corrected chi connectivity index (χ1v) is 5.87. The summed E-state index contributed by atoms with van der Waals surface area (Å²) in [7, 11) is 2.09. The molecular formula is C12H25N3. The van der Waals surface area contributed by atoms with Crippen LogP contribution >= 0.6 is 0 Å². The van der Waals surface area contributed by atoms with Crippen molar-refractivity contribution >= 4 is 0 Å². The fraction of sp³-hybridized carbons (Fsp3) is 0.917. The van der Waals surface area contributed by atoms with Crippen LogP contribution in [0, 0.1) is 11.3 Å². The third-order valence-electron chi connectivity index (χ3n) is 2.62. The molecule has 88 valence electrons. The van der Waals surface area contributed by atoms with Gasteiger partial charge < -0.3 is 4.90 Å². The highest BCUT2D eigenvalue weighted by Gasteiger charge is 2.15. The van der Waals surface area contributed by atoms with Gasteiger partial charge in [0.2, 0.25) is 0 Å². The number of rotatable bonds is 7. The molecule has 0 aliphatic rings. The van der Waals surface area contributed by atoms with E-state index < -0.39 is 0 Å². The molecule has 0 heterocycles. The minimum absolute atomic E-state index is 0.0608.